The summed E-state index contributed by atoms with van der Waals surface area (Å²) in [5.74, 6) is 1.20. The van der Waals surface area contributed by atoms with E-state index in [1.807, 2.05) is 25.1 Å². The number of carbonyl (C=O) groups excluding carboxylic acids is 2. The largest absolute Gasteiger partial charge is 0.497 e. The maximum absolute atomic E-state index is 12.8. The van der Waals surface area contributed by atoms with Crippen LogP contribution in [0.25, 0.3) is 0 Å². The molecule has 2 aliphatic rings. The average Bonchev–Trinajstić information content (AvgIpc) is 2.83. The molecule has 0 radical (unpaired) electrons. The Morgan fingerprint density at radius 3 is 2.67 bits per heavy atom. The Balaban J connectivity index is 1.65. The number of benzene rings is 1. The molecule has 130 valence electrons. The van der Waals surface area contributed by atoms with E-state index in [9.17, 15) is 9.59 Å². The lowest BCUT2D eigenvalue weighted by Gasteiger charge is -2.31. The van der Waals surface area contributed by atoms with Crippen molar-refractivity contribution in [3.63, 3.8) is 0 Å². The molecule has 24 heavy (non-hydrogen) atoms. The number of nitrogens with one attached hydrogen (secondary N) is 2. The smallest absolute Gasteiger partial charge is 0.325 e. The summed E-state index contributed by atoms with van der Waals surface area (Å²) in [5, 5.41) is 6.10. The first-order chi connectivity index (χ1) is 11.6. The predicted molar refractivity (Wildman–Crippen MR) is 88.2 cm³/mol. The van der Waals surface area contributed by atoms with Crippen molar-refractivity contribution < 1.29 is 19.1 Å². The molecule has 1 atom stereocenters. The Labute approximate surface area is 141 Å². The maximum Gasteiger partial charge on any atom is 0.325 e. The number of carbonyl (C=O) groups is 2. The molecule has 0 aromatic heterocycles. The lowest BCUT2D eigenvalue weighted by atomic mass is 9.88. The van der Waals surface area contributed by atoms with Crippen LogP contribution in [0.1, 0.15) is 19.8 Å². The van der Waals surface area contributed by atoms with Crippen LogP contribution in [0.3, 0.4) is 0 Å². The van der Waals surface area contributed by atoms with E-state index in [-0.39, 0.29) is 24.6 Å². The first kappa shape index (κ1) is 16.6. The van der Waals surface area contributed by atoms with Gasteiger partial charge in [0.1, 0.15) is 23.6 Å². The molecule has 2 heterocycles. The molecule has 0 aliphatic carbocycles. The Morgan fingerprint density at radius 1 is 1.25 bits per heavy atom. The zero-order valence-corrected chi connectivity index (χ0v) is 14.0. The lowest BCUT2D eigenvalue weighted by Crippen LogP contribution is -2.54. The van der Waals surface area contributed by atoms with Crippen molar-refractivity contribution >= 4 is 11.9 Å². The lowest BCUT2D eigenvalue weighted by molar-refractivity contribution is -0.133. The molecule has 2 N–H and O–H groups in total. The van der Waals surface area contributed by atoms with Gasteiger partial charge in [-0.05, 0) is 45.0 Å². The van der Waals surface area contributed by atoms with Gasteiger partial charge < -0.3 is 20.1 Å². The van der Waals surface area contributed by atoms with Crippen molar-refractivity contribution in [3.8, 4) is 11.5 Å². The highest BCUT2D eigenvalue weighted by Gasteiger charge is 2.52. The second-order valence-corrected chi connectivity index (χ2v) is 6.28. The fourth-order valence-electron chi connectivity index (χ4n) is 3.22. The highest BCUT2D eigenvalue weighted by molar-refractivity contribution is 6.07. The Hall–Kier alpha value is -2.28. The molecular weight excluding hydrogens is 310 g/mol. The van der Waals surface area contributed by atoms with Crippen molar-refractivity contribution in [1.82, 2.24) is 15.5 Å². The van der Waals surface area contributed by atoms with Gasteiger partial charge in [-0.15, -0.1) is 0 Å². The summed E-state index contributed by atoms with van der Waals surface area (Å²) in [4.78, 5) is 26.4. The summed E-state index contributed by atoms with van der Waals surface area (Å²) in [6, 6.07) is 6.56. The van der Waals surface area contributed by atoms with Gasteiger partial charge in [0.15, 0.2) is 0 Å². The van der Waals surface area contributed by atoms with Gasteiger partial charge in [-0.2, -0.15) is 0 Å². The molecule has 1 aromatic carbocycles. The number of piperidine rings is 1. The topological polar surface area (TPSA) is 79.9 Å². The van der Waals surface area contributed by atoms with E-state index >= 15 is 0 Å². The molecule has 0 unspecified atom stereocenters. The Morgan fingerprint density at radius 2 is 1.96 bits per heavy atom. The second kappa shape index (κ2) is 6.68. The van der Waals surface area contributed by atoms with Crippen LogP contribution < -0.4 is 20.1 Å². The minimum atomic E-state index is -0.743. The van der Waals surface area contributed by atoms with Crippen LogP contribution in [0, 0.1) is 0 Å². The standard InChI is InChI=1S/C17H23N3O4/c1-12(11-24-14-5-3-4-13(10-14)23-2)20-15(21)17(19-16(20)22)6-8-18-9-7-17/h3-5,10,12,18H,6-9,11H2,1-2H3,(H,19,22)/t12-/m1/s1. The molecule has 7 heteroatoms. The number of amides is 3. The van der Waals surface area contributed by atoms with Gasteiger partial charge >= 0.3 is 6.03 Å². The molecule has 3 amide bonds. The van der Waals surface area contributed by atoms with Crippen molar-refractivity contribution in [1.29, 1.82) is 0 Å². The van der Waals surface area contributed by atoms with Crippen LogP contribution in [-0.4, -0.2) is 55.2 Å². The van der Waals surface area contributed by atoms with Gasteiger partial charge in [-0.3, -0.25) is 9.69 Å². The quantitative estimate of drug-likeness (QED) is 0.790. The molecule has 1 spiro atoms. The molecule has 0 bridgehead atoms. The van der Waals surface area contributed by atoms with Gasteiger partial charge in [0.25, 0.3) is 5.91 Å². The van der Waals surface area contributed by atoms with Crippen molar-refractivity contribution in [2.45, 2.75) is 31.3 Å². The molecule has 2 aliphatic heterocycles. The SMILES string of the molecule is COc1cccc(OC[C@@H](C)N2C(=O)NC3(CCNCC3)C2=O)c1. The third-order valence-electron chi connectivity index (χ3n) is 4.62. The first-order valence-electron chi connectivity index (χ1n) is 8.19. The number of nitrogens with zero attached hydrogens (tertiary/aromatic N) is 1. The van der Waals surface area contributed by atoms with Crippen molar-refractivity contribution in [2.75, 3.05) is 26.8 Å². The van der Waals surface area contributed by atoms with Gasteiger partial charge in [-0.1, -0.05) is 6.07 Å². The summed E-state index contributed by atoms with van der Waals surface area (Å²) < 4.78 is 10.9. The number of methoxy groups -OCH3 is 1. The summed E-state index contributed by atoms with van der Waals surface area (Å²) >= 11 is 0. The minimum absolute atomic E-state index is 0.143. The van der Waals surface area contributed by atoms with E-state index < -0.39 is 5.54 Å². The maximum atomic E-state index is 12.8. The number of hydrogen-bond donors (Lipinski definition) is 2. The fourth-order valence-corrected chi connectivity index (χ4v) is 3.22. The third kappa shape index (κ3) is 3.03. The zero-order valence-electron chi connectivity index (χ0n) is 14.0. The molecule has 3 rings (SSSR count). The third-order valence-corrected chi connectivity index (χ3v) is 4.62. The van der Waals surface area contributed by atoms with Crippen LogP contribution in [0.5, 0.6) is 11.5 Å². The van der Waals surface area contributed by atoms with Gasteiger partial charge in [0, 0.05) is 6.07 Å². The van der Waals surface area contributed by atoms with Crippen molar-refractivity contribution in [3.05, 3.63) is 24.3 Å². The summed E-state index contributed by atoms with van der Waals surface area (Å²) in [7, 11) is 1.59. The fraction of sp³-hybridized carbons (Fsp3) is 0.529. The number of hydrogen-bond acceptors (Lipinski definition) is 5. The minimum Gasteiger partial charge on any atom is -0.497 e. The van der Waals surface area contributed by atoms with E-state index in [4.69, 9.17) is 9.47 Å². The van der Waals surface area contributed by atoms with Gasteiger partial charge in [0.05, 0.1) is 13.2 Å². The molecule has 2 saturated heterocycles. The molecule has 0 saturated carbocycles. The zero-order chi connectivity index (χ0) is 17.2. The highest BCUT2D eigenvalue weighted by atomic mass is 16.5. The molecule has 1 aromatic rings. The Kier molecular flexibility index (Phi) is 4.62. The predicted octanol–water partition coefficient (Wildman–Crippen LogP) is 1.14. The monoisotopic (exact) mass is 333 g/mol. The summed E-state index contributed by atoms with van der Waals surface area (Å²) in [6.07, 6.45) is 1.25. The van der Waals surface area contributed by atoms with Gasteiger partial charge in [0.2, 0.25) is 0 Å². The van der Waals surface area contributed by atoms with E-state index in [0.29, 0.717) is 24.3 Å². The summed E-state index contributed by atoms with van der Waals surface area (Å²) in [5.41, 5.74) is -0.743. The average molecular weight is 333 g/mol. The molecule has 7 nitrogen and oxygen atoms in total. The van der Waals surface area contributed by atoms with E-state index in [0.717, 1.165) is 13.1 Å². The first-order valence-corrected chi connectivity index (χ1v) is 8.19. The molecule has 2 fully saturated rings. The van der Waals surface area contributed by atoms with Crippen LogP contribution in [0.15, 0.2) is 24.3 Å². The van der Waals surface area contributed by atoms with Crippen LogP contribution in [0.4, 0.5) is 4.79 Å². The normalized spacial score (nSPS) is 20.8. The second-order valence-electron chi connectivity index (χ2n) is 6.28. The number of imide groups is 1. The van der Waals surface area contributed by atoms with Gasteiger partial charge in [-0.25, -0.2) is 4.79 Å². The summed E-state index contributed by atoms with van der Waals surface area (Å²) in [6.45, 7) is 3.52. The number of urea groups is 1. The van der Waals surface area contributed by atoms with Crippen molar-refractivity contribution in [2.24, 2.45) is 0 Å². The highest BCUT2D eigenvalue weighted by Crippen LogP contribution is 2.28. The number of rotatable bonds is 5. The van der Waals surface area contributed by atoms with E-state index in [1.54, 1.807) is 13.2 Å². The molecular formula is C17H23N3O4. The van der Waals surface area contributed by atoms with Crippen LogP contribution in [-0.2, 0) is 4.79 Å². The number of ether oxygens (including phenoxy) is 2. The Bertz CT molecular complexity index is 628. The van der Waals surface area contributed by atoms with E-state index in [2.05, 4.69) is 10.6 Å². The van der Waals surface area contributed by atoms with E-state index in [1.165, 1.54) is 4.90 Å². The van der Waals surface area contributed by atoms with Crippen LogP contribution >= 0.6 is 0 Å². The van der Waals surface area contributed by atoms with Crippen LogP contribution in [0.2, 0.25) is 0 Å².